The molecule has 3 aliphatic rings. The van der Waals surface area contributed by atoms with Gasteiger partial charge in [-0.15, -0.1) is 0 Å². The third-order valence-electron chi connectivity index (χ3n) is 3.40. The second-order valence-electron chi connectivity index (χ2n) is 3.73. The maximum absolute atomic E-state index is 2.42. The van der Waals surface area contributed by atoms with E-state index in [2.05, 4.69) is 13.8 Å². The molecule has 82 valence electrons. The second-order valence-corrected chi connectivity index (χ2v) is 3.73. The standard InChI is InChI=1S/C8H14.2C2H6.CH4/c1-5-3-7-4-8(5)6(7)2;2*1-2;/h5-8H,3-4H2,1-2H3;2*1-2H3;1H4. The summed E-state index contributed by atoms with van der Waals surface area (Å²) >= 11 is 0. The van der Waals surface area contributed by atoms with Crippen LogP contribution in [0.4, 0.5) is 0 Å². The predicted molar refractivity (Wildman–Crippen MR) is 64.0 cm³/mol. The topological polar surface area (TPSA) is 0 Å². The molecule has 0 radical (unpaired) electrons. The Bertz CT molecular complexity index is 103. The number of rotatable bonds is 0. The van der Waals surface area contributed by atoms with Gasteiger partial charge >= 0.3 is 0 Å². The van der Waals surface area contributed by atoms with Crippen molar-refractivity contribution in [2.45, 2.75) is 61.8 Å². The summed E-state index contributed by atoms with van der Waals surface area (Å²) in [4.78, 5) is 0. The SMILES string of the molecule is C.CC.CC.CC1CC2CC1C2C. The molecule has 0 amide bonds. The molecule has 2 bridgehead atoms. The van der Waals surface area contributed by atoms with Crippen molar-refractivity contribution < 1.29 is 0 Å². The molecule has 13 heavy (non-hydrogen) atoms. The molecule has 3 rings (SSSR count). The Morgan fingerprint density at radius 1 is 0.846 bits per heavy atom. The van der Waals surface area contributed by atoms with E-state index in [1.165, 1.54) is 6.42 Å². The van der Waals surface area contributed by atoms with Gasteiger partial charge in [-0.25, -0.2) is 0 Å². The van der Waals surface area contributed by atoms with Gasteiger partial charge in [-0.2, -0.15) is 0 Å². The molecule has 3 fully saturated rings. The van der Waals surface area contributed by atoms with Gasteiger partial charge in [0.25, 0.3) is 0 Å². The van der Waals surface area contributed by atoms with Gasteiger partial charge < -0.3 is 0 Å². The normalized spacial score (nSPS) is 38.3. The Labute approximate surface area is 86.1 Å². The molecule has 0 nitrogen and oxygen atoms in total. The largest absolute Gasteiger partial charge is 0.0776 e. The van der Waals surface area contributed by atoms with Crippen LogP contribution < -0.4 is 0 Å². The van der Waals surface area contributed by atoms with Crippen molar-refractivity contribution in [2.75, 3.05) is 0 Å². The molecule has 0 heteroatoms. The summed E-state index contributed by atoms with van der Waals surface area (Å²) in [5.41, 5.74) is 0. The van der Waals surface area contributed by atoms with Crippen LogP contribution in [-0.2, 0) is 0 Å². The highest BCUT2D eigenvalue weighted by molar-refractivity contribution is 4.97. The van der Waals surface area contributed by atoms with Crippen molar-refractivity contribution in [2.24, 2.45) is 23.7 Å². The Balaban J connectivity index is 0. The number of hydrogen-bond acceptors (Lipinski definition) is 0. The number of fused-ring (bicyclic) bond motifs is 1. The van der Waals surface area contributed by atoms with Gasteiger partial charge in [-0.1, -0.05) is 49.0 Å². The van der Waals surface area contributed by atoms with E-state index in [9.17, 15) is 0 Å². The molecule has 3 saturated carbocycles. The highest BCUT2D eigenvalue weighted by Crippen LogP contribution is 2.56. The third-order valence-corrected chi connectivity index (χ3v) is 3.40. The molecule has 0 aliphatic heterocycles. The second kappa shape index (κ2) is 7.41. The first kappa shape index (κ1) is 15.5. The van der Waals surface area contributed by atoms with Crippen molar-refractivity contribution >= 4 is 0 Å². The molecular weight excluding hydrogens is 156 g/mol. The Hall–Kier alpha value is 0. The van der Waals surface area contributed by atoms with Crippen LogP contribution in [0.15, 0.2) is 0 Å². The zero-order valence-corrected chi connectivity index (χ0v) is 9.72. The van der Waals surface area contributed by atoms with Crippen molar-refractivity contribution in [1.29, 1.82) is 0 Å². The fraction of sp³-hybridized carbons (Fsp3) is 1.00. The van der Waals surface area contributed by atoms with Gasteiger partial charge in [0, 0.05) is 0 Å². The van der Waals surface area contributed by atoms with E-state index in [-0.39, 0.29) is 7.43 Å². The first-order valence-electron chi connectivity index (χ1n) is 5.79. The maximum Gasteiger partial charge on any atom is -0.0357 e. The summed E-state index contributed by atoms with van der Waals surface area (Å²) in [6, 6.07) is 0. The lowest BCUT2D eigenvalue weighted by Gasteiger charge is -2.33. The summed E-state index contributed by atoms with van der Waals surface area (Å²) in [5, 5.41) is 0. The van der Waals surface area contributed by atoms with Gasteiger partial charge in [-0.3, -0.25) is 0 Å². The van der Waals surface area contributed by atoms with Crippen LogP contribution in [0.2, 0.25) is 0 Å². The van der Waals surface area contributed by atoms with Gasteiger partial charge in [0.15, 0.2) is 0 Å². The molecule has 0 aromatic carbocycles. The highest BCUT2D eigenvalue weighted by Gasteiger charge is 2.47. The minimum Gasteiger partial charge on any atom is -0.0776 e. The molecule has 0 aromatic heterocycles. The molecule has 0 saturated heterocycles. The smallest absolute Gasteiger partial charge is 0.0357 e. The summed E-state index contributed by atoms with van der Waals surface area (Å²) < 4.78 is 0. The van der Waals surface area contributed by atoms with E-state index in [4.69, 9.17) is 0 Å². The zero-order chi connectivity index (χ0) is 9.72. The fourth-order valence-electron chi connectivity index (χ4n) is 2.65. The number of hydrogen-bond donors (Lipinski definition) is 0. The zero-order valence-electron chi connectivity index (χ0n) is 9.72. The van der Waals surface area contributed by atoms with Crippen molar-refractivity contribution in [3.05, 3.63) is 0 Å². The van der Waals surface area contributed by atoms with E-state index >= 15 is 0 Å². The van der Waals surface area contributed by atoms with Crippen LogP contribution in [0.3, 0.4) is 0 Å². The average molecular weight is 186 g/mol. The molecule has 0 N–H and O–H groups in total. The molecule has 0 spiro atoms. The van der Waals surface area contributed by atoms with Crippen molar-refractivity contribution in [3.63, 3.8) is 0 Å². The quantitative estimate of drug-likeness (QED) is 0.500. The van der Waals surface area contributed by atoms with Crippen LogP contribution in [0.5, 0.6) is 0 Å². The maximum atomic E-state index is 2.42. The summed E-state index contributed by atoms with van der Waals surface area (Å²) in [6.45, 7) is 12.8. The van der Waals surface area contributed by atoms with Gasteiger partial charge in [0.2, 0.25) is 0 Å². The summed E-state index contributed by atoms with van der Waals surface area (Å²) in [6.07, 6.45) is 3.09. The van der Waals surface area contributed by atoms with Gasteiger partial charge in [0.1, 0.15) is 0 Å². The molecule has 3 aliphatic carbocycles. The van der Waals surface area contributed by atoms with E-state index in [1.807, 2.05) is 27.7 Å². The minimum absolute atomic E-state index is 0. The monoisotopic (exact) mass is 186 g/mol. The minimum atomic E-state index is 0. The third kappa shape index (κ3) is 3.00. The van der Waals surface area contributed by atoms with Gasteiger partial charge in [-0.05, 0) is 36.5 Å². The van der Waals surface area contributed by atoms with Crippen molar-refractivity contribution in [1.82, 2.24) is 0 Å². The fourth-order valence-corrected chi connectivity index (χ4v) is 2.65. The lowest BCUT2D eigenvalue weighted by atomic mass is 9.72. The molecule has 0 heterocycles. The first-order chi connectivity index (χ1) is 5.79. The summed E-state index contributed by atoms with van der Waals surface area (Å²) in [7, 11) is 0. The molecule has 4 atom stereocenters. The van der Waals surface area contributed by atoms with E-state index < -0.39 is 0 Å². The van der Waals surface area contributed by atoms with Crippen LogP contribution in [0, 0.1) is 23.7 Å². The Morgan fingerprint density at radius 2 is 1.31 bits per heavy atom. The lowest BCUT2D eigenvalue weighted by molar-refractivity contribution is 0.163. The van der Waals surface area contributed by atoms with Crippen LogP contribution in [0.1, 0.15) is 61.8 Å². The molecule has 0 aromatic rings. The lowest BCUT2D eigenvalue weighted by Crippen LogP contribution is -2.25. The Morgan fingerprint density at radius 3 is 1.38 bits per heavy atom. The van der Waals surface area contributed by atoms with Gasteiger partial charge in [0.05, 0.1) is 0 Å². The molecule has 4 unspecified atom stereocenters. The van der Waals surface area contributed by atoms with Crippen LogP contribution in [-0.4, -0.2) is 0 Å². The van der Waals surface area contributed by atoms with Crippen molar-refractivity contribution in [3.8, 4) is 0 Å². The van der Waals surface area contributed by atoms with E-state index in [0.29, 0.717) is 0 Å². The predicted octanol–water partition coefficient (Wildman–Crippen LogP) is 4.99. The van der Waals surface area contributed by atoms with E-state index in [1.54, 1.807) is 6.42 Å². The summed E-state index contributed by atoms with van der Waals surface area (Å²) in [5.74, 6) is 4.41. The average Bonchev–Trinajstić information content (AvgIpc) is 2.65. The first-order valence-corrected chi connectivity index (χ1v) is 5.79. The Kier molecular flexibility index (Phi) is 8.82. The highest BCUT2D eigenvalue weighted by atomic mass is 14.5. The molecular formula is C13H30. The van der Waals surface area contributed by atoms with E-state index in [0.717, 1.165) is 23.7 Å². The van der Waals surface area contributed by atoms with Crippen LogP contribution >= 0.6 is 0 Å². The van der Waals surface area contributed by atoms with Crippen LogP contribution in [0.25, 0.3) is 0 Å².